The van der Waals surface area contributed by atoms with Gasteiger partial charge in [-0.1, -0.05) is 12.1 Å². The number of carboxylic acids is 1. The van der Waals surface area contributed by atoms with Crippen LogP contribution in [-0.4, -0.2) is 35.0 Å². The zero-order valence-electron chi connectivity index (χ0n) is 12.3. The zero-order chi connectivity index (χ0) is 15.5. The van der Waals surface area contributed by atoms with E-state index in [0.29, 0.717) is 38.0 Å². The smallest absolute Gasteiger partial charge is 0.311 e. The number of nitrogens with zero attached hydrogens (tertiary/aromatic N) is 1. The third-order valence-corrected chi connectivity index (χ3v) is 4.14. The molecule has 1 amide bonds. The Hall–Kier alpha value is -2.04. The third kappa shape index (κ3) is 3.74. The first-order valence-electron chi connectivity index (χ1n) is 7.26. The van der Waals surface area contributed by atoms with Crippen LogP contribution < -0.4 is 5.73 Å². The van der Waals surface area contributed by atoms with E-state index in [-0.39, 0.29) is 5.91 Å². The number of rotatable bonds is 4. The van der Waals surface area contributed by atoms with Crippen LogP contribution in [0.1, 0.15) is 31.7 Å². The summed E-state index contributed by atoms with van der Waals surface area (Å²) in [4.78, 5) is 25.3. The summed E-state index contributed by atoms with van der Waals surface area (Å²) in [7, 11) is 0. The predicted octanol–water partition coefficient (Wildman–Crippen LogP) is 1.91. The van der Waals surface area contributed by atoms with Crippen LogP contribution in [0.5, 0.6) is 0 Å². The van der Waals surface area contributed by atoms with Gasteiger partial charge in [0.25, 0.3) is 0 Å². The molecule has 1 aliphatic rings. The van der Waals surface area contributed by atoms with Gasteiger partial charge in [-0.2, -0.15) is 0 Å². The highest BCUT2D eigenvalue weighted by atomic mass is 16.4. The Morgan fingerprint density at radius 3 is 2.86 bits per heavy atom. The molecule has 0 aliphatic carbocycles. The number of amides is 1. The zero-order valence-corrected chi connectivity index (χ0v) is 12.3. The predicted molar refractivity (Wildman–Crippen MR) is 80.7 cm³/mol. The van der Waals surface area contributed by atoms with Gasteiger partial charge >= 0.3 is 5.97 Å². The first-order chi connectivity index (χ1) is 9.90. The van der Waals surface area contributed by atoms with Crippen molar-refractivity contribution in [2.45, 2.75) is 32.6 Å². The minimum atomic E-state index is -0.823. The van der Waals surface area contributed by atoms with E-state index in [2.05, 4.69) is 0 Å². The number of carbonyl (C=O) groups is 2. The fourth-order valence-corrected chi connectivity index (χ4v) is 2.78. The van der Waals surface area contributed by atoms with Crippen LogP contribution in [0.25, 0.3) is 0 Å². The molecule has 0 radical (unpaired) electrons. The molecule has 1 unspecified atom stereocenters. The molecule has 1 fully saturated rings. The summed E-state index contributed by atoms with van der Waals surface area (Å²) in [5, 5.41) is 9.28. The maximum Gasteiger partial charge on any atom is 0.311 e. The highest BCUT2D eigenvalue weighted by Gasteiger charge is 2.39. The molecule has 0 saturated carbocycles. The number of nitrogens with two attached hydrogens (primary N) is 1. The average molecular weight is 290 g/mol. The van der Waals surface area contributed by atoms with Crippen LogP contribution in [0.4, 0.5) is 5.69 Å². The number of anilines is 1. The number of carboxylic acid groups (broad SMARTS) is 1. The van der Waals surface area contributed by atoms with Crippen molar-refractivity contribution >= 4 is 17.6 Å². The van der Waals surface area contributed by atoms with Crippen LogP contribution in [-0.2, 0) is 16.0 Å². The van der Waals surface area contributed by atoms with Gasteiger partial charge < -0.3 is 15.7 Å². The Balaban J connectivity index is 1.93. The lowest BCUT2D eigenvalue weighted by Gasteiger charge is -2.37. The quantitative estimate of drug-likeness (QED) is 0.830. The van der Waals surface area contributed by atoms with Crippen molar-refractivity contribution in [3.05, 3.63) is 29.8 Å². The van der Waals surface area contributed by atoms with Crippen LogP contribution >= 0.6 is 0 Å². The van der Waals surface area contributed by atoms with E-state index in [1.807, 2.05) is 24.3 Å². The Morgan fingerprint density at radius 2 is 2.19 bits per heavy atom. The summed E-state index contributed by atoms with van der Waals surface area (Å²) in [5.41, 5.74) is 6.62. The molecule has 1 atom stereocenters. The number of carbonyl (C=O) groups excluding carboxylic acids is 1. The second-order valence-electron chi connectivity index (χ2n) is 6.03. The number of hydrogen-bond acceptors (Lipinski definition) is 3. The highest BCUT2D eigenvalue weighted by Crippen LogP contribution is 2.30. The summed E-state index contributed by atoms with van der Waals surface area (Å²) < 4.78 is 0. The van der Waals surface area contributed by atoms with Crippen molar-refractivity contribution in [2.75, 3.05) is 18.8 Å². The maximum atomic E-state index is 12.3. The molecule has 114 valence electrons. The molecule has 0 bridgehead atoms. The number of nitrogen functional groups attached to an aromatic ring is 1. The van der Waals surface area contributed by atoms with E-state index in [1.54, 1.807) is 11.8 Å². The average Bonchev–Trinajstić information content (AvgIpc) is 2.45. The van der Waals surface area contributed by atoms with E-state index in [1.165, 1.54) is 0 Å². The van der Waals surface area contributed by atoms with Crippen molar-refractivity contribution in [3.8, 4) is 0 Å². The van der Waals surface area contributed by atoms with E-state index >= 15 is 0 Å². The topological polar surface area (TPSA) is 83.6 Å². The van der Waals surface area contributed by atoms with E-state index < -0.39 is 11.4 Å². The van der Waals surface area contributed by atoms with Crippen molar-refractivity contribution < 1.29 is 14.7 Å². The normalized spacial score (nSPS) is 22.0. The lowest BCUT2D eigenvalue weighted by molar-refractivity contribution is -0.153. The summed E-state index contributed by atoms with van der Waals surface area (Å²) in [5.74, 6) is -0.805. The molecule has 1 aromatic carbocycles. The first kappa shape index (κ1) is 15.4. The van der Waals surface area contributed by atoms with Gasteiger partial charge in [-0.05, 0) is 43.9 Å². The van der Waals surface area contributed by atoms with E-state index in [0.717, 1.165) is 12.0 Å². The number of likely N-dealkylation sites (tertiary alicyclic amines) is 1. The number of aryl methyl sites for hydroxylation is 1. The van der Waals surface area contributed by atoms with Gasteiger partial charge in [0.05, 0.1) is 5.41 Å². The fraction of sp³-hybridized carbons (Fsp3) is 0.500. The van der Waals surface area contributed by atoms with Crippen molar-refractivity contribution in [1.82, 2.24) is 4.90 Å². The van der Waals surface area contributed by atoms with Crippen LogP contribution in [0.3, 0.4) is 0 Å². The van der Waals surface area contributed by atoms with Gasteiger partial charge in [-0.25, -0.2) is 0 Å². The minimum absolute atomic E-state index is 0.0181. The van der Waals surface area contributed by atoms with Crippen LogP contribution in [0, 0.1) is 5.41 Å². The molecule has 0 spiro atoms. The molecular formula is C16H22N2O3. The van der Waals surface area contributed by atoms with E-state index in [4.69, 9.17) is 5.73 Å². The van der Waals surface area contributed by atoms with Gasteiger partial charge in [0, 0.05) is 25.2 Å². The molecule has 5 heteroatoms. The number of piperidine rings is 1. The maximum absolute atomic E-state index is 12.3. The molecule has 1 heterocycles. The summed E-state index contributed by atoms with van der Waals surface area (Å²) in [6.45, 7) is 2.67. The van der Waals surface area contributed by atoms with Crippen molar-refractivity contribution in [1.29, 1.82) is 0 Å². The fourth-order valence-electron chi connectivity index (χ4n) is 2.78. The molecule has 21 heavy (non-hydrogen) atoms. The Labute approximate surface area is 124 Å². The second kappa shape index (κ2) is 6.16. The van der Waals surface area contributed by atoms with Crippen molar-refractivity contribution in [2.24, 2.45) is 5.41 Å². The van der Waals surface area contributed by atoms with Gasteiger partial charge in [0.15, 0.2) is 0 Å². The minimum Gasteiger partial charge on any atom is -0.481 e. The monoisotopic (exact) mass is 290 g/mol. The Bertz CT molecular complexity index is 544. The van der Waals surface area contributed by atoms with Gasteiger partial charge in [-0.15, -0.1) is 0 Å². The summed E-state index contributed by atoms with van der Waals surface area (Å²) >= 11 is 0. The first-order valence-corrected chi connectivity index (χ1v) is 7.26. The Kier molecular flexibility index (Phi) is 4.50. The molecule has 1 saturated heterocycles. The number of benzene rings is 1. The Morgan fingerprint density at radius 1 is 1.43 bits per heavy atom. The van der Waals surface area contributed by atoms with Crippen LogP contribution in [0.2, 0.25) is 0 Å². The van der Waals surface area contributed by atoms with Gasteiger partial charge in [0.1, 0.15) is 0 Å². The SMILES string of the molecule is CC1(C(=O)O)CCCN(C(=O)CCc2cccc(N)c2)C1. The molecule has 2 rings (SSSR count). The summed E-state index contributed by atoms with van der Waals surface area (Å²) in [6.07, 6.45) is 2.39. The van der Waals surface area contributed by atoms with Crippen LogP contribution in [0.15, 0.2) is 24.3 Å². The van der Waals surface area contributed by atoms with Gasteiger partial charge in [0.2, 0.25) is 5.91 Å². The molecule has 1 aromatic rings. The van der Waals surface area contributed by atoms with Crippen molar-refractivity contribution in [3.63, 3.8) is 0 Å². The largest absolute Gasteiger partial charge is 0.481 e. The lowest BCUT2D eigenvalue weighted by Crippen LogP contribution is -2.48. The number of hydrogen-bond donors (Lipinski definition) is 2. The molecular weight excluding hydrogens is 268 g/mol. The number of aliphatic carboxylic acids is 1. The lowest BCUT2D eigenvalue weighted by atomic mass is 9.82. The molecule has 5 nitrogen and oxygen atoms in total. The van der Waals surface area contributed by atoms with Gasteiger partial charge in [-0.3, -0.25) is 9.59 Å². The highest BCUT2D eigenvalue weighted by molar-refractivity contribution is 5.79. The standard InChI is InChI=1S/C16H22N2O3/c1-16(15(20)21)8-3-9-18(11-16)14(19)7-6-12-4-2-5-13(17)10-12/h2,4-5,10H,3,6-9,11,17H2,1H3,(H,20,21). The molecule has 0 aromatic heterocycles. The summed E-state index contributed by atoms with van der Waals surface area (Å²) in [6, 6.07) is 7.50. The second-order valence-corrected chi connectivity index (χ2v) is 6.03. The molecule has 1 aliphatic heterocycles. The third-order valence-electron chi connectivity index (χ3n) is 4.14. The molecule has 3 N–H and O–H groups in total. The van der Waals surface area contributed by atoms with E-state index in [9.17, 15) is 14.7 Å².